The van der Waals surface area contributed by atoms with Crippen molar-refractivity contribution in [1.82, 2.24) is 4.90 Å². The van der Waals surface area contributed by atoms with Gasteiger partial charge in [-0.2, -0.15) is 0 Å². The zero-order chi connectivity index (χ0) is 17.9. The van der Waals surface area contributed by atoms with E-state index < -0.39 is 11.9 Å². The first-order valence-electron chi connectivity index (χ1n) is 7.92. The van der Waals surface area contributed by atoms with Crippen molar-refractivity contribution < 1.29 is 24.2 Å². The number of hydrogen-bond acceptors (Lipinski definition) is 4. The number of hydrogen-bond donors (Lipinski definition) is 2. The number of methoxy groups -OCH3 is 2. The van der Waals surface area contributed by atoms with Crippen LogP contribution in [0.3, 0.4) is 0 Å². The predicted molar refractivity (Wildman–Crippen MR) is 90.0 cm³/mol. The second kappa shape index (κ2) is 7.42. The molecule has 1 atom stereocenters. The van der Waals surface area contributed by atoms with Crippen molar-refractivity contribution in [3.63, 3.8) is 0 Å². The molecule has 0 bridgehead atoms. The second-order valence-corrected chi connectivity index (χ2v) is 6.15. The highest BCUT2D eigenvalue weighted by Gasteiger charge is 2.31. The molecular formula is C17H24N2O5. The fourth-order valence-electron chi connectivity index (χ4n) is 2.93. The average Bonchev–Trinajstić information content (AvgIpc) is 3.03. The molecule has 0 spiro atoms. The number of amides is 2. The van der Waals surface area contributed by atoms with E-state index in [2.05, 4.69) is 5.32 Å². The molecule has 2 N–H and O–H groups in total. The Morgan fingerprint density at radius 2 is 1.83 bits per heavy atom. The Labute approximate surface area is 141 Å². The maximum atomic E-state index is 12.3. The van der Waals surface area contributed by atoms with Crippen LogP contribution in [0.1, 0.15) is 31.7 Å². The minimum absolute atomic E-state index is 0.203. The zero-order valence-corrected chi connectivity index (χ0v) is 14.5. The molecule has 0 radical (unpaired) electrons. The molecule has 2 amide bonds. The van der Waals surface area contributed by atoms with Crippen LogP contribution in [0.15, 0.2) is 12.1 Å². The van der Waals surface area contributed by atoms with Gasteiger partial charge >= 0.3 is 12.0 Å². The summed E-state index contributed by atoms with van der Waals surface area (Å²) in [5, 5.41) is 11.8. The third kappa shape index (κ3) is 3.72. The van der Waals surface area contributed by atoms with Gasteiger partial charge in [-0.05, 0) is 12.3 Å². The first-order valence-corrected chi connectivity index (χ1v) is 7.92. The molecule has 1 aliphatic heterocycles. The van der Waals surface area contributed by atoms with Gasteiger partial charge in [-0.25, -0.2) is 4.79 Å². The largest absolute Gasteiger partial charge is 0.496 e. The molecule has 0 unspecified atom stereocenters. The van der Waals surface area contributed by atoms with E-state index in [-0.39, 0.29) is 18.5 Å². The van der Waals surface area contributed by atoms with E-state index in [9.17, 15) is 9.59 Å². The number of nitrogens with one attached hydrogen (secondary N) is 1. The van der Waals surface area contributed by atoms with Crippen LogP contribution in [0.4, 0.5) is 10.5 Å². The highest BCUT2D eigenvalue weighted by Crippen LogP contribution is 2.38. The Hall–Kier alpha value is -2.44. The van der Waals surface area contributed by atoms with E-state index in [0.29, 0.717) is 30.2 Å². The smallest absolute Gasteiger partial charge is 0.321 e. The van der Waals surface area contributed by atoms with Gasteiger partial charge in [0.2, 0.25) is 0 Å². The number of carboxylic acid groups (broad SMARTS) is 1. The number of aliphatic carboxylic acids is 1. The highest BCUT2D eigenvalue weighted by molar-refractivity contribution is 5.90. The van der Waals surface area contributed by atoms with Gasteiger partial charge in [-0.1, -0.05) is 13.8 Å². The van der Waals surface area contributed by atoms with Crippen molar-refractivity contribution in [2.24, 2.45) is 5.92 Å². The molecule has 1 aromatic rings. The molecule has 1 fully saturated rings. The van der Waals surface area contributed by atoms with E-state index in [1.54, 1.807) is 26.4 Å². The minimum Gasteiger partial charge on any atom is -0.496 e. The number of carboxylic acids is 1. The topological polar surface area (TPSA) is 88.1 Å². The zero-order valence-electron chi connectivity index (χ0n) is 14.5. The molecule has 132 valence electrons. The molecule has 0 saturated carbocycles. The molecule has 0 aliphatic carbocycles. The number of ether oxygens (including phenoxy) is 2. The molecule has 24 heavy (non-hydrogen) atoms. The van der Waals surface area contributed by atoms with Crippen molar-refractivity contribution >= 4 is 17.7 Å². The molecule has 1 saturated heterocycles. The summed E-state index contributed by atoms with van der Waals surface area (Å²) in [5.41, 5.74) is 1.49. The minimum atomic E-state index is -0.866. The Balaban J connectivity index is 2.18. The molecule has 2 rings (SSSR count). The van der Waals surface area contributed by atoms with Gasteiger partial charge in [0.1, 0.15) is 11.5 Å². The summed E-state index contributed by atoms with van der Waals surface area (Å²) >= 11 is 0. The summed E-state index contributed by atoms with van der Waals surface area (Å²) in [6, 6.07) is 3.18. The number of carbonyl (C=O) groups excluding carboxylic acids is 1. The Morgan fingerprint density at radius 1 is 1.25 bits per heavy atom. The lowest BCUT2D eigenvalue weighted by Crippen LogP contribution is -2.33. The third-order valence-corrected chi connectivity index (χ3v) is 4.20. The Bertz CT molecular complexity index is 604. The Kier molecular flexibility index (Phi) is 5.54. The summed E-state index contributed by atoms with van der Waals surface area (Å²) in [5.74, 6) is 0.126. The average molecular weight is 336 g/mol. The number of urea groups is 1. The van der Waals surface area contributed by atoms with E-state index in [1.807, 2.05) is 13.8 Å². The molecular weight excluding hydrogens is 312 g/mol. The number of likely N-dealkylation sites (tertiary alicyclic amines) is 1. The maximum absolute atomic E-state index is 12.3. The normalized spacial score (nSPS) is 17.0. The van der Waals surface area contributed by atoms with Crippen LogP contribution in [0.25, 0.3) is 0 Å². The third-order valence-electron chi connectivity index (χ3n) is 4.20. The van der Waals surface area contributed by atoms with E-state index in [1.165, 1.54) is 4.90 Å². The van der Waals surface area contributed by atoms with Crippen molar-refractivity contribution in [1.29, 1.82) is 0 Å². The van der Waals surface area contributed by atoms with Crippen LogP contribution in [-0.4, -0.2) is 49.3 Å². The van der Waals surface area contributed by atoms with Crippen LogP contribution in [0.2, 0.25) is 0 Å². The van der Waals surface area contributed by atoms with Gasteiger partial charge in [-0.3, -0.25) is 4.79 Å². The SMILES string of the molecule is COc1cc(NC(=O)N2CC[C@@H](C(=O)O)C2)cc(OC)c1C(C)C. The second-order valence-electron chi connectivity index (χ2n) is 6.15. The van der Waals surface area contributed by atoms with Gasteiger partial charge < -0.3 is 24.8 Å². The van der Waals surface area contributed by atoms with Gasteiger partial charge in [0.05, 0.1) is 20.1 Å². The van der Waals surface area contributed by atoms with Crippen LogP contribution in [-0.2, 0) is 4.79 Å². The molecule has 1 heterocycles. The lowest BCUT2D eigenvalue weighted by atomic mass is 10.00. The number of carbonyl (C=O) groups is 2. The predicted octanol–water partition coefficient (Wildman–Crippen LogP) is 2.77. The highest BCUT2D eigenvalue weighted by atomic mass is 16.5. The summed E-state index contributed by atoms with van der Waals surface area (Å²) in [7, 11) is 3.15. The molecule has 0 aromatic heterocycles. The number of anilines is 1. The summed E-state index contributed by atoms with van der Waals surface area (Å²) in [6.07, 6.45) is 0.474. The number of rotatable bonds is 5. The maximum Gasteiger partial charge on any atom is 0.321 e. The standard InChI is InChI=1S/C17H24N2O5/c1-10(2)15-13(23-3)7-12(8-14(15)24-4)18-17(22)19-6-5-11(9-19)16(20)21/h7-8,10-11H,5-6,9H2,1-4H3,(H,18,22)(H,20,21)/t11-/m1/s1. The van der Waals surface area contributed by atoms with Gasteiger partial charge in [0.15, 0.2) is 0 Å². The monoisotopic (exact) mass is 336 g/mol. The molecule has 7 heteroatoms. The summed E-state index contributed by atoms with van der Waals surface area (Å²) < 4.78 is 10.8. The molecule has 1 aromatic carbocycles. The first-order chi connectivity index (χ1) is 11.4. The van der Waals surface area contributed by atoms with E-state index in [0.717, 1.165) is 5.56 Å². The summed E-state index contributed by atoms with van der Waals surface area (Å²) in [6.45, 7) is 4.73. The van der Waals surface area contributed by atoms with E-state index >= 15 is 0 Å². The first kappa shape index (κ1) is 17.9. The van der Waals surface area contributed by atoms with Crippen LogP contribution >= 0.6 is 0 Å². The Morgan fingerprint density at radius 3 is 2.25 bits per heavy atom. The van der Waals surface area contributed by atoms with Gasteiger partial charge in [-0.15, -0.1) is 0 Å². The van der Waals surface area contributed by atoms with Crippen molar-refractivity contribution in [2.75, 3.05) is 32.6 Å². The van der Waals surface area contributed by atoms with Crippen molar-refractivity contribution in [3.8, 4) is 11.5 Å². The summed E-state index contributed by atoms with van der Waals surface area (Å²) in [4.78, 5) is 24.9. The van der Waals surface area contributed by atoms with Crippen molar-refractivity contribution in [2.45, 2.75) is 26.2 Å². The van der Waals surface area contributed by atoms with Gasteiger partial charge in [0, 0.05) is 36.5 Å². The van der Waals surface area contributed by atoms with E-state index in [4.69, 9.17) is 14.6 Å². The fourth-order valence-corrected chi connectivity index (χ4v) is 2.93. The molecule has 7 nitrogen and oxygen atoms in total. The van der Waals surface area contributed by atoms with Crippen LogP contribution in [0, 0.1) is 5.92 Å². The lowest BCUT2D eigenvalue weighted by molar-refractivity contribution is -0.141. The van der Waals surface area contributed by atoms with Crippen LogP contribution in [0.5, 0.6) is 11.5 Å². The number of benzene rings is 1. The quantitative estimate of drug-likeness (QED) is 0.863. The van der Waals surface area contributed by atoms with Gasteiger partial charge in [0.25, 0.3) is 0 Å². The lowest BCUT2D eigenvalue weighted by Gasteiger charge is -2.20. The number of nitrogens with zero attached hydrogens (tertiary/aromatic N) is 1. The van der Waals surface area contributed by atoms with Crippen LogP contribution < -0.4 is 14.8 Å². The van der Waals surface area contributed by atoms with Crippen molar-refractivity contribution in [3.05, 3.63) is 17.7 Å². The molecule has 1 aliphatic rings. The fraction of sp³-hybridized carbons (Fsp3) is 0.529.